The zero-order valence-corrected chi connectivity index (χ0v) is 23.7. The Balaban J connectivity index is 0.971. The van der Waals surface area contributed by atoms with E-state index in [0.717, 1.165) is 37.6 Å². The molecule has 4 bridgehead atoms. The predicted molar refractivity (Wildman–Crippen MR) is 161 cm³/mol. The average molecular weight is 567 g/mol. The Morgan fingerprint density at radius 1 is 0.658 bits per heavy atom. The predicted octanol–water partition coefficient (Wildman–Crippen LogP) is 8.32. The third-order valence-corrected chi connectivity index (χ3v) is 14.5. The first-order valence-electron chi connectivity index (χ1n) is 13.5. The number of allylic oxidation sites excluding steroid dienone is 6. The fourth-order valence-corrected chi connectivity index (χ4v) is 12.3. The van der Waals surface area contributed by atoms with E-state index < -0.39 is 0 Å². The van der Waals surface area contributed by atoms with Crippen LogP contribution in [0.15, 0.2) is 87.9 Å². The van der Waals surface area contributed by atoms with Crippen LogP contribution in [-0.4, -0.2) is 26.1 Å². The molecule has 1 saturated heterocycles. The van der Waals surface area contributed by atoms with Crippen molar-refractivity contribution in [3.05, 3.63) is 79.0 Å². The summed E-state index contributed by atoms with van der Waals surface area (Å²) in [6, 6.07) is 4.82. The van der Waals surface area contributed by atoms with E-state index in [2.05, 4.69) is 42.5 Å². The molecule has 186 valence electrons. The summed E-state index contributed by atoms with van der Waals surface area (Å²) >= 11 is 7.12. The van der Waals surface area contributed by atoms with Gasteiger partial charge in [0.2, 0.25) is 0 Å². The van der Waals surface area contributed by atoms with Gasteiger partial charge in [0.25, 0.3) is 0 Å². The number of thioether (sulfide) groups is 4. The zero-order chi connectivity index (χ0) is 24.5. The number of aliphatic imine (C=N–C) groups is 2. The van der Waals surface area contributed by atoms with Crippen LogP contribution in [0.4, 0.5) is 0 Å². The van der Waals surface area contributed by atoms with Gasteiger partial charge >= 0.3 is 0 Å². The van der Waals surface area contributed by atoms with Gasteiger partial charge in [0.1, 0.15) is 20.1 Å². The number of fused-ring (bicyclic) bond motifs is 6. The molecule has 38 heavy (non-hydrogen) atoms. The Bertz CT molecular complexity index is 1680. The maximum Gasteiger partial charge on any atom is 0.135 e. The lowest BCUT2D eigenvalue weighted by Crippen LogP contribution is -2.29. The largest absolute Gasteiger partial charge is 0.265 e. The van der Waals surface area contributed by atoms with Gasteiger partial charge in [-0.2, -0.15) is 0 Å². The van der Waals surface area contributed by atoms with Crippen LogP contribution in [0.1, 0.15) is 55.1 Å². The quantitative estimate of drug-likeness (QED) is 0.299. The summed E-state index contributed by atoms with van der Waals surface area (Å²) in [7, 11) is 0. The lowest BCUT2D eigenvalue weighted by Gasteiger charge is -2.39. The lowest BCUT2D eigenvalue weighted by molar-refractivity contribution is 0.460. The normalized spacial score (nSPS) is 33.2. The third-order valence-electron chi connectivity index (χ3n) is 9.22. The summed E-state index contributed by atoms with van der Waals surface area (Å²) in [6.45, 7) is 0. The highest BCUT2D eigenvalue weighted by atomic mass is 32.2. The number of nitrogens with zero attached hydrogens (tertiary/aromatic N) is 4. The highest BCUT2D eigenvalue weighted by molar-refractivity contribution is 8.45. The molecule has 2 aromatic rings. The van der Waals surface area contributed by atoms with Gasteiger partial charge < -0.3 is 0 Å². The van der Waals surface area contributed by atoms with Crippen molar-refractivity contribution in [1.29, 1.82) is 0 Å². The second-order valence-corrected chi connectivity index (χ2v) is 15.8. The molecule has 10 aliphatic rings. The smallest absolute Gasteiger partial charge is 0.135 e. The van der Waals surface area contributed by atoms with Gasteiger partial charge in [-0.25, -0.2) is 15.0 Å². The van der Waals surface area contributed by atoms with Gasteiger partial charge in [0.05, 0.1) is 31.2 Å². The van der Waals surface area contributed by atoms with Crippen LogP contribution in [0.5, 0.6) is 0 Å². The zero-order valence-electron chi connectivity index (χ0n) is 20.4. The molecule has 1 aromatic heterocycles. The van der Waals surface area contributed by atoms with E-state index in [1.807, 2.05) is 0 Å². The molecule has 3 aliphatic heterocycles. The van der Waals surface area contributed by atoms with Gasteiger partial charge in [-0.15, -0.1) is 0 Å². The van der Waals surface area contributed by atoms with Crippen LogP contribution in [0.2, 0.25) is 0 Å². The summed E-state index contributed by atoms with van der Waals surface area (Å²) in [5.41, 5.74) is 9.34. The van der Waals surface area contributed by atoms with E-state index in [1.54, 1.807) is 58.2 Å². The molecule has 12 rings (SSSR count). The monoisotopic (exact) mass is 566 g/mol. The number of hydrogen-bond donors (Lipinski definition) is 0. The van der Waals surface area contributed by atoms with Crippen LogP contribution >= 0.6 is 47.0 Å². The highest BCUT2D eigenvalue weighted by Gasteiger charge is 2.40. The second kappa shape index (κ2) is 7.80. The summed E-state index contributed by atoms with van der Waals surface area (Å²) < 4.78 is 2.55. The van der Waals surface area contributed by atoms with Crippen molar-refractivity contribution >= 4 is 68.2 Å². The van der Waals surface area contributed by atoms with Crippen molar-refractivity contribution in [2.75, 3.05) is 0 Å². The Morgan fingerprint density at radius 2 is 1.26 bits per heavy atom. The topological polar surface area (TPSA) is 50.5 Å². The molecule has 4 nitrogen and oxygen atoms in total. The van der Waals surface area contributed by atoms with Crippen LogP contribution < -0.4 is 0 Å². The van der Waals surface area contributed by atoms with Crippen LogP contribution in [0.25, 0.3) is 11.0 Å². The average Bonchev–Trinajstić information content (AvgIpc) is 3.57. The first-order valence-corrected chi connectivity index (χ1v) is 16.8. The second-order valence-electron chi connectivity index (χ2n) is 11.3. The van der Waals surface area contributed by atoms with Gasteiger partial charge in [0, 0.05) is 17.8 Å². The molecule has 1 fully saturated rings. The van der Waals surface area contributed by atoms with E-state index in [-0.39, 0.29) is 6.04 Å². The minimum Gasteiger partial charge on any atom is -0.265 e. The fourth-order valence-electron chi connectivity index (χ4n) is 7.35. The molecular formula is C30H22N4S4. The summed E-state index contributed by atoms with van der Waals surface area (Å²) in [5, 5.41) is 4.24. The van der Waals surface area contributed by atoms with E-state index in [0.29, 0.717) is 23.7 Å². The molecular weight excluding hydrogens is 545 g/mol. The van der Waals surface area contributed by atoms with Crippen molar-refractivity contribution in [3.8, 4) is 0 Å². The Labute approximate surface area is 237 Å². The Hall–Kier alpha value is -2.00. The molecule has 0 radical (unpaired) electrons. The van der Waals surface area contributed by atoms with Gasteiger partial charge in [-0.3, -0.25) is 4.99 Å². The molecule has 1 aromatic carbocycles. The van der Waals surface area contributed by atoms with Crippen molar-refractivity contribution < 1.29 is 0 Å². The van der Waals surface area contributed by atoms with E-state index in [4.69, 9.17) is 20.0 Å². The van der Waals surface area contributed by atoms with E-state index in [9.17, 15) is 0 Å². The van der Waals surface area contributed by atoms with Crippen LogP contribution in [0.3, 0.4) is 0 Å². The minimum atomic E-state index is 0.184. The van der Waals surface area contributed by atoms with Crippen molar-refractivity contribution in [3.63, 3.8) is 0 Å². The van der Waals surface area contributed by atoms with Crippen LogP contribution in [0, 0.1) is 11.8 Å². The first kappa shape index (κ1) is 21.8. The lowest BCUT2D eigenvalue weighted by atomic mass is 9.67. The molecule has 0 saturated carbocycles. The van der Waals surface area contributed by atoms with Gasteiger partial charge in [-0.1, -0.05) is 76.9 Å². The summed E-state index contributed by atoms with van der Waals surface area (Å²) in [5.74, 6) is 2.32. The Kier molecular flexibility index (Phi) is 4.47. The SMILES string of the molecule is C1=C[C@H]2CCC1C1=C2CC2N=C3SC(=C4Sc5nc6cc7c(cc6nc5S4)C4C=CC7CC4)SC3=NC2=C1. The first-order chi connectivity index (χ1) is 18.7. The Morgan fingerprint density at radius 3 is 1.95 bits per heavy atom. The summed E-state index contributed by atoms with van der Waals surface area (Å²) in [6.07, 6.45) is 18.2. The molecule has 4 unspecified atom stereocenters. The standard InChI is InChI=1S/C30H22N4S4/c1-2-14-4-3-13(1)17-9-21-22(10-18(14)17)32-26-25(31-21)35-29(36-26)30-37-27-28(38-30)34-24-12-20-16-6-5-15(7-8-16)19(20)11-23(24)33-27/h1-2,5-6,9-11,13-16,24H,3-4,7-8,12H2/t13?,14?,15?,16-,24?/m0/s1. The van der Waals surface area contributed by atoms with E-state index >= 15 is 0 Å². The number of benzene rings is 1. The molecule has 4 heterocycles. The molecule has 0 N–H and O–H groups in total. The maximum atomic E-state index is 5.23. The third kappa shape index (κ3) is 3.06. The number of hydrogen-bond acceptors (Lipinski definition) is 8. The number of rotatable bonds is 0. The highest BCUT2D eigenvalue weighted by Crippen LogP contribution is 2.58. The molecule has 0 amide bonds. The number of aromatic nitrogens is 2. The molecule has 0 spiro atoms. The van der Waals surface area contributed by atoms with Crippen LogP contribution in [-0.2, 0) is 0 Å². The molecule has 7 aliphatic carbocycles. The van der Waals surface area contributed by atoms with Gasteiger partial charge in [0.15, 0.2) is 0 Å². The van der Waals surface area contributed by atoms with Crippen molar-refractivity contribution in [1.82, 2.24) is 9.97 Å². The summed E-state index contributed by atoms with van der Waals surface area (Å²) in [4.78, 5) is 20.6. The molecule has 8 heteroatoms. The van der Waals surface area contributed by atoms with Crippen molar-refractivity contribution in [2.45, 2.75) is 60.0 Å². The van der Waals surface area contributed by atoms with Crippen molar-refractivity contribution in [2.24, 2.45) is 21.8 Å². The minimum absolute atomic E-state index is 0.184. The van der Waals surface area contributed by atoms with E-state index in [1.165, 1.54) is 51.0 Å². The maximum absolute atomic E-state index is 5.23. The van der Waals surface area contributed by atoms with Gasteiger partial charge in [-0.05, 0) is 72.9 Å². The fraction of sp³-hybridized carbons (Fsp3) is 0.333. The molecule has 5 atom stereocenters.